The minimum Gasteiger partial charge on any atom is -0.373 e. The molecule has 3 atom stereocenters. The molecule has 2 heterocycles. The molecule has 5 heteroatoms. The molecular formula is C15H29N3O2. The van der Waals surface area contributed by atoms with Crippen LogP contribution in [0.15, 0.2) is 0 Å². The number of hydrogen-bond donors (Lipinski definition) is 1. The van der Waals surface area contributed by atoms with Crippen molar-refractivity contribution in [3.05, 3.63) is 0 Å². The van der Waals surface area contributed by atoms with Gasteiger partial charge in [0.15, 0.2) is 0 Å². The van der Waals surface area contributed by atoms with Crippen molar-refractivity contribution < 1.29 is 9.53 Å². The van der Waals surface area contributed by atoms with Crippen LogP contribution in [0.5, 0.6) is 0 Å². The molecule has 1 amide bonds. The van der Waals surface area contributed by atoms with Gasteiger partial charge in [0, 0.05) is 39.3 Å². The molecule has 0 aromatic rings. The van der Waals surface area contributed by atoms with Gasteiger partial charge in [-0.2, -0.15) is 0 Å². The van der Waals surface area contributed by atoms with Gasteiger partial charge in [0.1, 0.15) is 0 Å². The van der Waals surface area contributed by atoms with Crippen molar-refractivity contribution in [2.75, 3.05) is 39.3 Å². The number of hydrogen-bond acceptors (Lipinski definition) is 4. The molecule has 2 rings (SSSR count). The molecule has 116 valence electrons. The Bertz CT molecular complexity index is 308. The van der Waals surface area contributed by atoms with Gasteiger partial charge in [-0.25, -0.2) is 0 Å². The molecule has 0 aliphatic carbocycles. The molecule has 5 nitrogen and oxygen atoms in total. The van der Waals surface area contributed by atoms with E-state index in [1.165, 1.54) is 0 Å². The SMILES string of the molecule is C[C@@H]1CN(CCN[C@@H](C)C(=O)N2CCCC2)C[C@@H](C)O1. The highest BCUT2D eigenvalue weighted by molar-refractivity contribution is 5.81. The summed E-state index contributed by atoms with van der Waals surface area (Å²) in [5.41, 5.74) is 0. The van der Waals surface area contributed by atoms with Gasteiger partial charge < -0.3 is 15.0 Å². The summed E-state index contributed by atoms with van der Waals surface area (Å²) < 4.78 is 5.73. The van der Waals surface area contributed by atoms with E-state index in [4.69, 9.17) is 4.74 Å². The molecule has 2 aliphatic heterocycles. The fourth-order valence-electron chi connectivity index (χ4n) is 3.20. The summed E-state index contributed by atoms with van der Waals surface area (Å²) in [5.74, 6) is 0.256. The molecule has 0 bridgehead atoms. The first kappa shape index (κ1) is 15.7. The number of nitrogens with one attached hydrogen (secondary N) is 1. The van der Waals surface area contributed by atoms with E-state index in [1.54, 1.807) is 0 Å². The van der Waals surface area contributed by atoms with Crippen LogP contribution in [0.2, 0.25) is 0 Å². The van der Waals surface area contributed by atoms with Crippen LogP contribution >= 0.6 is 0 Å². The normalized spacial score (nSPS) is 29.6. The molecule has 0 saturated carbocycles. The second-order valence-corrected chi connectivity index (χ2v) is 6.23. The lowest BCUT2D eigenvalue weighted by Gasteiger charge is -2.35. The van der Waals surface area contributed by atoms with Crippen molar-refractivity contribution in [2.45, 2.75) is 51.9 Å². The Labute approximate surface area is 122 Å². The Kier molecular flexibility index (Phi) is 5.81. The number of likely N-dealkylation sites (tertiary alicyclic amines) is 1. The van der Waals surface area contributed by atoms with Crippen LogP contribution in [0.25, 0.3) is 0 Å². The number of carbonyl (C=O) groups excluding carboxylic acids is 1. The third kappa shape index (κ3) is 4.43. The van der Waals surface area contributed by atoms with E-state index in [1.807, 2.05) is 11.8 Å². The molecule has 2 fully saturated rings. The summed E-state index contributed by atoms with van der Waals surface area (Å²) in [6, 6.07) is -0.0658. The molecule has 20 heavy (non-hydrogen) atoms. The average molecular weight is 283 g/mol. The van der Waals surface area contributed by atoms with Crippen molar-refractivity contribution in [1.82, 2.24) is 15.1 Å². The van der Waals surface area contributed by atoms with E-state index < -0.39 is 0 Å². The quantitative estimate of drug-likeness (QED) is 0.806. The van der Waals surface area contributed by atoms with Gasteiger partial charge >= 0.3 is 0 Å². The first-order valence-electron chi connectivity index (χ1n) is 7.96. The molecule has 1 N–H and O–H groups in total. The van der Waals surface area contributed by atoms with Crippen molar-refractivity contribution in [2.24, 2.45) is 0 Å². The number of morpholine rings is 1. The Morgan fingerprint density at radius 2 is 1.85 bits per heavy atom. The Balaban J connectivity index is 1.65. The lowest BCUT2D eigenvalue weighted by molar-refractivity contribution is -0.132. The van der Waals surface area contributed by atoms with E-state index in [2.05, 4.69) is 24.1 Å². The minimum atomic E-state index is -0.0658. The summed E-state index contributed by atoms with van der Waals surface area (Å²) in [4.78, 5) is 16.6. The molecule has 2 aliphatic rings. The van der Waals surface area contributed by atoms with Crippen molar-refractivity contribution in [3.63, 3.8) is 0 Å². The standard InChI is InChI=1S/C15H29N3O2/c1-12-10-17(11-13(2)20-12)9-6-16-14(3)15(19)18-7-4-5-8-18/h12-14,16H,4-11H2,1-3H3/t12-,13-,14+/m1/s1. The predicted molar refractivity (Wildman–Crippen MR) is 79.7 cm³/mol. The Morgan fingerprint density at radius 3 is 2.45 bits per heavy atom. The number of carbonyl (C=O) groups is 1. The second kappa shape index (κ2) is 7.38. The maximum atomic E-state index is 12.2. The van der Waals surface area contributed by atoms with Crippen LogP contribution in [0, 0.1) is 0 Å². The van der Waals surface area contributed by atoms with Crippen molar-refractivity contribution in [1.29, 1.82) is 0 Å². The van der Waals surface area contributed by atoms with E-state index in [9.17, 15) is 4.79 Å². The second-order valence-electron chi connectivity index (χ2n) is 6.23. The van der Waals surface area contributed by atoms with Gasteiger partial charge in [-0.1, -0.05) is 0 Å². The highest BCUT2D eigenvalue weighted by atomic mass is 16.5. The van der Waals surface area contributed by atoms with Crippen LogP contribution in [0.3, 0.4) is 0 Å². The summed E-state index contributed by atoms with van der Waals surface area (Å²) in [6.45, 7) is 11.9. The van der Waals surface area contributed by atoms with Gasteiger partial charge in [-0.05, 0) is 33.6 Å². The molecule has 0 radical (unpaired) electrons. The van der Waals surface area contributed by atoms with Gasteiger partial charge in [0.2, 0.25) is 5.91 Å². The zero-order chi connectivity index (χ0) is 14.5. The van der Waals surface area contributed by atoms with Crippen molar-refractivity contribution >= 4 is 5.91 Å². The van der Waals surface area contributed by atoms with Crippen molar-refractivity contribution in [3.8, 4) is 0 Å². The highest BCUT2D eigenvalue weighted by Crippen LogP contribution is 2.10. The van der Waals surface area contributed by atoms with Gasteiger partial charge in [0.05, 0.1) is 18.2 Å². The number of ether oxygens (including phenoxy) is 1. The summed E-state index contributed by atoms with van der Waals surface area (Å²) in [6.07, 6.45) is 2.93. The number of nitrogens with zero attached hydrogens (tertiary/aromatic N) is 2. The smallest absolute Gasteiger partial charge is 0.239 e. The summed E-state index contributed by atoms with van der Waals surface area (Å²) in [7, 11) is 0. The third-order valence-electron chi connectivity index (χ3n) is 4.16. The maximum Gasteiger partial charge on any atom is 0.239 e. The molecule has 0 aromatic heterocycles. The topological polar surface area (TPSA) is 44.8 Å². The lowest BCUT2D eigenvalue weighted by atomic mass is 10.2. The first-order valence-corrected chi connectivity index (χ1v) is 7.96. The molecule has 0 spiro atoms. The van der Waals surface area contributed by atoms with Gasteiger partial charge in [-0.3, -0.25) is 9.69 Å². The van der Waals surface area contributed by atoms with Crippen LogP contribution < -0.4 is 5.32 Å². The van der Waals surface area contributed by atoms with E-state index >= 15 is 0 Å². The predicted octanol–water partition coefficient (Wildman–Crippen LogP) is 0.696. The van der Waals surface area contributed by atoms with Gasteiger partial charge in [-0.15, -0.1) is 0 Å². The minimum absolute atomic E-state index is 0.0658. The van der Waals surface area contributed by atoms with Crippen LogP contribution in [-0.2, 0) is 9.53 Å². The zero-order valence-corrected chi connectivity index (χ0v) is 13.1. The fraction of sp³-hybridized carbons (Fsp3) is 0.933. The maximum absolute atomic E-state index is 12.2. The van der Waals surface area contributed by atoms with E-state index in [0.29, 0.717) is 12.2 Å². The highest BCUT2D eigenvalue weighted by Gasteiger charge is 2.24. The van der Waals surface area contributed by atoms with E-state index in [0.717, 1.165) is 52.1 Å². The Hall–Kier alpha value is -0.650. The summed E-state index contributed by atoms with van der Waals surface area (Å²) >= 11 is 0. The number of amides is 1. The molecular weight excluding hydrogens is 254 g/mol. The monoisotopic (exact) mass is 283 g/mol. The summed E-state index contributed by atoms with van der Waals surface area (Å²) in [5, 5.41) is 3.36. The first-order chi connectivity index (χ1) is 9.56. The van der Waals surface area contributed by atoms with E-state index in [-0.39, 0.29) is 11.9 Å². The third-order valence-corrected chi connectivity index (χ3v) is 4.16. The lowest BCUT2D eigenvalue weighted by Crippen LogP contribution is -2.50. The van der Waals surface area contributed by atoms with Gasteiger partial charge in [0.25, 0.3) is 0 Å². The van der Waals surface area contributed by atoms with Crippen LogP contribution in [0.4, 0.5) is 0 Å². The van der Waals surface area contributed by atoms with Crippen LogP contribution in [-0.4, -0.2) is 73.2 Å². The van der Waals surface area contributed by atoms with Crippen LogP contribution in [0.1, 0.15) is 33.6 Å². The fourth-order valence-corrected chi connectivity index (χ4v) is 3.20. The average Bonchev–Trinajstić information content (AvgIpc) is 2.90. The number of rotatable bonds is 5. The Morgan fingerprint density at radius 1 is 1.25 bits per heavy atom. The largest absolute Gasteiger partial charge is 0.373 e. The zero-order valence-electron chi connectivity index (χ0n) is 13.1. The molecule has 2 saturated heterocycles. The molecule has 0 unspecified atom stereocenters. The molecule has 0 aromatic carbocycles.